The lowest BCUT2D eigenvalue weighted by atomic mass is 9.91. The Morgan fingerprint density at radius 3 is 2.26 bits per heavy atom. The van der Waals surface area contributed by atoms with Crippen LogP contribution in [0.5, 0.6) is 5.75 Å². The van der Waals surface area contributed by atoms with Crippen molar-refractivity contribution >= 4 is 17.4 Å². The molecule has 0 aromatic heterocycles. The summed E-state index contributed by atoms with van der Waals surface area (Å²) in [5.74, 6) is 1.83. The monoisotopic (exact) mass is 588 g/mol. The number of rotatable bonds is 13. The van der Waals surface area contributed by atoms with Gasteiger partial charge in [-0.1, -0.05) is 39.0 Å². The van der Waals surface area contributed by atoms with Crippen LogP contribution in [0.4, 0.5) is 5.69 Å². The summed E-state index contributed by atoms with van der Waals surface area (Å²) in [6.45, 7) is 16.9. The molecule has 0 saturated carbocycles. The highest BCUT2D eigenvalue weighted by Crippen LogP contribution is 2.28. The van der Waals surface area contributed by atoms with Gasteiger partial charge in [-0.15, -0.1) is 0 Å². The van der Waals surface area contributed by atoms with E-state index in [4.69, 9.17) is 9.47 Å². The van der Waals surface area contributed by atoms with Crippen LogP contribution in [0.25, 0.3) is 0 Å². The quantitative estimate of drug-likeness (QED) is 0.188. The first-order chi connectivity index (χ1) is 20.4. The molecule has 234 valence electrons. The maximum atomic E-state index is 13.0. The maximum absolute atomic E-state index is 13.0. The number of likely N-dealkylation sites (tertiary alicyclic amines) is 1. The zero-order valence-corrected chi connectivity index (χ0v) is 27.6. The Morgan fingerprint density at radius 1 is 1.02 bits per heavy atom. The number of piperidine rings is 1. The average molecular weight is 589 g/mol. The molecule has 6 heteroatoms. The van der Waals surface area contributed by atoms with Gasteiger partial charge in [-0.3, -0.25) is 9.59 Å². The molecule has 2 aromatic rings. The number of methoxy groups -OCH3 is 1. The number of Topliss-reactive ketones (excluding diaryl/α,β-unsaturated/α-hetero) is 1. The van der Waals surface area contributed by atoms with Crippen LogP contribution in [-0.4, -0.2) is 48.9 Å². The summed E-state index contributed by atoms with van der Waals surface area (Å²) >= 11 is 0. The molecule has 6 nitrogen and oxygen atoms in total. The van der Waals surface area contributed by atoms with Crippen LogP contribution in [0.15, 0.2) is 65.9 Å². The third kappa shape index (κ3) is 10.7. The highest BCUT2D eigenvalue weighted by atomic mass is 16.5. The molecule has 0 spiro atoms. The molecule has 2 aromatic carbocycles. The molecule has 1 fully saturated rings. The summed E-state index contributed by atoms with van der Waals surface area (Å²) in [4.78, 5) is 28.1. The standard InChI is InChI=1S/C37H52N2O4/c1-9-28(25-35(42-8)37(5,6)7)12-16-31(40)17-13-29-10-14-30(15-11-29)38-36(41)34-19-18-33(24-27(34)4)43-32-20-22-39(23-21-32)26(2)3/h9-11,14-15,18-19,24-26,32H,12-13,16-17,20-23H2,1-8H3,(H,38,41)/b28-9-,35-25-. The number of carbonyl (C=O) groups excluding carboxylic acids is 2. The number of hydrogen-bond acceptors (Lipinski definition) is 5. The van der Waals surface area contributed by atoms with Crippen molar-refractivity contribution in [2.45, 2.75) is 99.1 Å². The van der Waals surface area contributed by atoms with Gasteiger partial charge >= 0.3 is 0 Å². The van der Waals surface area contributed by atoms with E-state index in [0.717, 1.165) is 59.8 Å². The zero-order chi connectivity index (χ0) is 31.6. The zero-order valence-electron chi connectivity index (χ0n) is 27.6. The van der Waals surface area contributed by atoms with Crippen molar-refractivity contribution in [2.24, 2.45) is 5.41 Å². The summed E-state index contributed by atoms with van der Waals surface area (Å²) < 4.78 is 11.8. The first-order valence-electron chi connectivity index (χ1n) is 15.7. The molecule has 1 amide bonds. The van der Waals surface area contributed by atoms with Gasteiger partial charge in [0.25, 0.3) is 5.91 Å². The Bertz CT molecular complexity index is 1280. The van der Waals surface area contributed by atoms with Gasteiger partial charge in [0, 0.05) is 48.6 Å². The first kappa shape index (κ1) is 34.1. The fraction of sp³-hybridized carbons (Fsp3) is 0.514. The first-order valence-corrected chi connectivity index (χ1v) is 15.7. The van der Waals surface area contributed by atoms with Gasteiger partial charge in [0.15, 0.2) is 0 Å². The van der Waals surface area contributed by atoms with Crippen LogP contribution in [-0.2, 0) is 16.0 Å². The molecule has 0 unspecified atom stereocenters. The van der Waals surface area contributed by atoms with Gasteiger partial charge < -0.3 is 19.7 Å². The second-order valence-corrected chi connectivity index (χ2v) is 12.9. The van der Waals surface area contributed by atoms with Gasteiger partial charge in [-0.05, 0) is 106 Å². The predicted octanol–water partition coefficient (Wildman–Crippen LogP) is 8.30. The van der Waals surface area contributed by atoms with E-state index >= 15 is 0 Å². The van der Waals surface area contributed by atoms with E-state index < -0.39 is 0 Å². The van der Waals surface area contributed by atoms with Gasteiger partial charge in [-0.2, -0.15) is 0 Å². The minimum atomic E-state index is -0.144. The molecule has 1 aliphatic heterocycles. The molecule has 0 bridgehead atoms. The van der Waals surface area contributed by atoms with Crippen molar-refractivity contribution in [2.75, 3.05) is 25.5 Å². The van der Waals surface area contributed by atoms with Crippen LogP contribution in [0, 0.1) is 12.3 Å². The molecule has 0 radical (unpaired) electrons. The Hall–Kier alpha value is -3.38. The molecule has 1 aliphatic rings. The number of ether oxygens (including phenoxy) is 2. The lowest BCUT2D eigenvalue weighted by molar-refractivity contribution is -0.119. The summed E-state index contributed by atoms with van der Waals surface area (Å²) in [5.41, 5.74) is 4.35. The number of benzene rings is 2. The number of ketones is 1. The molecule has 0 atom stereocenters. The Labute approximate surface area is 259 Å². The Balaban J connectivity index is 1.46. The van der Waals surface area contributed by atoms with Gasteiger partial charge in [0.05, 0.1) is 7.11 Å². The maximum Gasteiger partial charge on any atom is 0.255 e. The minimum absolute atomic E-state index is 0.0814. The van der Waals surface area contributed by atoms with Gasteiger partial charge in [0.1, 0.15) is 23.4 Å². The number of allylic oxidation sites excluding steroid dienone is 4. The van der Waals surface area contributed by atoms with Crippen molar-refractivity contribution in [3.63, 3.8) is 0 Å². The van der Waals surface area contributed by atoms with Crippen LogP contribution in [0.2, 0.25) is 0 Å². The Kier molecular flexibility index (Phi) is 12.6. The van der Waals surface area contributed by atoms with Crippen molar-refractivity contribution in [3.05, 3.63) is 82.6 Å². The number of amides is 1. The minimum Gasteiger partial charge on any atom is -0.501 e. The van der Waals surface area contributed by atoms with Gasteiger partial charge in [0.2, 0.25) is 0 Å². The van der Waals surface area contributed by atoms with Crippen molar-refractivity contribution in [1.82, 2.24) is 4.90 Å². The fourth-order valence-corrected chi connectivity index (χ4v) is 5.36. The third-order valence-electron chi connectivity index (χ3n) is 8.20. The molecule has 43 heavy (non-hydrogen) atoms. The number of nitrogens with one attached hydrogen (secondary N) is 1. The smallest absolute Gasteiger partial charge is 0.255 e. The van der Waals surface area contributed by atoms with E-state index in [1.54, 1.807) is 7.11 Å². The second kappa shape index (κ2) is 15.9. The summed E-state index contributed by atoms with van der Waals surface area (Å²) in [6.07, 6.45) is 8.74. The third-order valence-corrected chi connectivity index (χ3v) is 8.20. The van der Waals surface area contributed by atoms with E-state index in [0.29, 0.717) is 37.3 Å². The SMILES string of the molecule is C/C=C(\C=C(/OC)C(C)(C)C)CCC(=O)CCc1ccc(NC(=O)c2ccc(OC3CCN(C(C)C)CC3)cc2C)cc1. The van der Waals surface area contributed by atoms with Gasteiger partial charge in [-0.25, -0.2) is 0 Å². The molecule has 3 rings (SSSR count). The van der Waals surface area contributed by atoms with Crippen LogP contribution < -0.4 is 10.1 Å². The molecule has 0 aliphatic carbocycles. The number of hydrogen-bond donors (Lipinski definition) is 1. The van der Waals surface area contributed by atoms with E-state index in [1.807, 2.05) is 62.4 Å². The molecule has 1 saturated heterocycles. The van der Waals surface area contributed by atoms with Crippen molar-refractivity contribution in [1.29, 1.82) is 0 Å². The number of nitrogens with zero attached hydrogens (tertiary/aromatic N) is 1. The van der Waals surface area contributed by atoms with E-state index in [9.17, 15) is 9.59 Å². The van der Waals surface area contributed by atoms with E-state index in [-0.39, 0.29) is 23.2 Å². The summed E-state index contributed by atoms with van der Waals surface area (Å²) in [6, 6.07) is 14.0. The topological polar surface area (TPSA) is 67.9 Å². The van der Waals surface area contributed by atoms with Crippen LogP contribution in [0.1, 0.15) is 95.1 Å². The van der Waals surface area contributed by atoms with Crippen molar-refractivity contribution < 1.29 is 19.1 Å². The van der Waals surface area contributed by atoms with Crippen LogP contribution in [0.3, 0.4) is 0 Å². The molecular weight excluding hydrogens is 536 g/mol. The van der Waals surface area contributed by atoms with Crippen molar-refractivity contribution in [3.8, 4) is 5.75 Å². The number of aryl methyl sites for hydroxylation is 2. The lowest BCUT2D eigenvalue weighted by Gasteiger charge is -2.34. The summed E-state index contributed by atoms with van der Waals surface area (Å²) in [7, 11) is 1.69. The molecule has 1 N–H and O–H groups in total. The second-order valence-electron chi connectivity index (χ2n) is 12.9. The molecule has 1 heterocycles. The van der Waals surface area contributed by atoms with E-state index in [2.05, 4.69) is 50.9 Å². The highest BCUT2D eigenvalue weighted by molar-refractivity contribution is 6.05. The largest absolute Gasteiger partial charge is 0.501 e. The predicted molar refractivity (Wildman–Crippen MR) is 177 cm³/mol. The number of carbonyl (C=O) groups is 2. The normalized spacial score (nSPS) is 15.5. The average Bonchev–Trinajstić information content (AvgIpc) is 2.96. The molecular formula is C37H52N2O4. The fourth-order valence-electron chi connectivity index (χ4n) is 5.36. The Morgan fingerprint density at radius 2 is 1.70 bits per heavy atom. The summed E-state index contributed by atoms with van der Waals surface area (Å²) in [5, 5.41) is 3.00. The highest BCUT2D eigenvalue weighted by Gasteiger charge is 2.22. The number of anilines is 1. The lowest BCUT2D eigenvalue weighted by Crippen LogP contribution is -2.41. The van der Waals surface area contributed by atoms with Crippen LogP contribution >= 0.6 is 0 Å². The van der Waals surface area contributed by atoms with E-state index in [1.165, 1.54) is 0 Å².